The van der Waals surface area contributed by atoms with Crippen molar-refractivity contribution in [1.82, 2.24) is 5.43 Å². The number of phenolic OH excluding ortho intramolecular Hbond substituents is 3. The lowest BCUT2D eigenvalue weighted by Crippen LogP contribution is -2.46. The van der Waals surface area contributed by atoms with Crippen LogP contribution in [-0.2, 0) is 23.8 Å². The number of Topliss-reactive ketones (excluding diaryl/α,β-unsaturated/α-hetero) is 1. The molecule has 9 unspecified atom stereocenters. The van der Waals surface area contributed by atoms with E-state index < -0.39 is 88.8 Å². The van der Waals surface area contributed by atoms with Gasteiger partial charge in [-0.1, -0.05) is 123 Å². The molecule has 2 aromatic rings. The van der Waals surface area contributed by atoms with E-state index in [9.17, 15) is 39.9 Å². The van der Waals surface area contributed by atoms with Crippen LogP contribution in [-0.4, -0.2) is 92.8 Å². The summed E-state index contributed by atoms with van der Waals surface area (Å²) in [5.41, 5.74) is 2.98. The van der Waals surface area contributed by atoms with Crippen LogP contribution < -0.4 is 15.5 Å². The molecular formula is C53H77N3O12. The van der Waals surface area contributed by atoms with Crippen molar-refractivity contribution in [1.29, 1.82) is 0 Å². The highest BCUT2D eigenvalue weighted by molar-refractivity contribution is 6.23. The molecule has 3 aliphatic heterocycles. The number of esters is 1. The molecule has 1 aliphatic carbocycles. The number of aliphatic hydroxyl groups excluding tert-OH is 2. The van der Waals surface area contributed by atoms with Crippen LogP contribution in [0.5, 0.6) is 23.0 Å². The van der Waals surface area contributed by atoms with Crippen LogP contribution in [0.3, 0.4) is 0 Å². The maximum atomic E-state index is 14.6. The van der Waals surface area contributed by atoms with Gasteiger partial charge in [0.1, 0.15) is 23.4 Å². The molecule has 0 aromatic heterocycles. The number of hydrogen-bond acceptors (Lipinski definition) is 14. The van der Waals surface area contributed by atoms with Gasteiger partial charge in [0, 0.05) is 67.2 Å². The van der Waals surface area contributed by atoms with E-state index in [-0.39, 0.29) is 50.5 Å². The number of nitrogens with one attached hydrogen (secondary N) is 2. The number of phenols is 3. The van der Waals surface area contributed by atoms with E-state index in [2.05, 4.69) is 15.8 Å². The zero-order valence-electron chi connectivity index (χ0n) is 41.6. The lowest BCUT2D eigenvalue weighted by Gasteiger charge is -2.38. The van der Waals surface area contributed by atoms with Crippen molar-refractivity contribution >= 4 is 40.3 Å². The first-order valence-electron chi connectivity index (χ1n) is 24.7. The summed E-state index contributed by atoms with van der Waals surface area (Å²) < 4.78 is 23.8. The van der Waals surface area contributed by atoms with E-state index in [1.807, 2.05) is 0 Å². The summed E-state index contributed by atoms with van der Waals surface area (Å²) >= 11 is 0. The van der Waals surface area contributed by atoms with Gasteiger partial charge in [-0.3, -0.25) is 14.4 Å². The Kier molecular flexibility index (Phi) is 19.3. The molecule has 68 heavy (non-hydrogen) atoms. The van der Waals surface area contributed by atoms with Gasteiger partial charge in [0.2, 0.25) is 0 Å². The molecule has 2 aromatic carbocycles. The van der Waals surface area contributed by atoms with Gasteiger partial charge in [0.05, 0.1) is 53.0 Å². The fraction of sp³-hybridized carbons (Fsp3) is 0.623. The number of nitrogens with zero attached hydrogens (tertiary/aromatic N) is 1. The monoisotopic (exact) mass is 948 g/mol. The SMILES string of the molecule is COC1/C=C/OC2(C)Oc3c(C)c(O)c4c(O)c(c(/C=N/NC5CCCCCCCCCCCCCC5)c(O)c4c3C2=O)NC(=O)C(C)=C/C=C/C(C)C(O)C(C)C(O)C(C)C(OC(C)=O)C1C. The third kappa shape index (κ3) is 12.6. The number of carbonyl (C=O) groups excluding carboxylic acids is 3. The van der Waals surface area contributed by atoms with E-state index in [1.165, 1.54) is 104 Å². The molecule has 376 valence electrons. The van der Waals surface area contributed by atoms with Crippen LogP contribution in [0.25, 0.3) is 10.8 Å². The van der Waals surface area contributed by atoms with Gasteiger partial charge in [-0.25, -0.2) is 0 Å². The molecule has 1 saturated carbocycles. The van der Waals surface area contributed by atoms with Crippen molar-refractivity contribution in [2.45, 2.75) is 182 Å². The third-order valence-electron chi connectivity index (χ3n) is 14.3. The number of hydrazone groups is 1. The van der Waals surface area contributed by atoms with Gasteiger partial charge in [-0.2, -0.15) is 5.10 Å². The molecule has 7 N–H and O–H groups in total. The first-order chi connectivity index (χ1) is 32.3. The fourth-order valence-corrected chi connectivity index (χ4v) is 9.90. The van der Waals surface area contributed by atoms with Crippen LogP contribution >= 0.6 is 0 Å². The molecular weight excluding hydrogens is 871 g/mol. The van der Waals surface area contributed by atoms with Crippen molar-refractivity contribution in [3.05, 3.63) is 52.8 Å². The molecule has 0 radical (unpaired) electrons. The number of anilines is 1. The minimum Gasteiger partial charge on any atom is -0.507 e. The van der Waals surface area contributed by atoms with Crippen LogP contribution in [0.1, 0.15) is 160 Å². The summed E-state index contributed by atoms with van der Waals surface area (Å²) in [6, 6.07) is 0.0252. The molecule has 9 atom stereocenters. The van der Waals surface area contributed by atoms with Gasteiger partial charge in [-0.15, -0.1) is 0 Å². The average molecular weight is 948 g/mol. The van der Waals surface area contributed by atoms with E-state index >= 15 is 0 Å². The highest BCUT2D eigenvalue weighted by Crippen LogP contribution is 2.55. The number of rotatable bonds is 5. The molecule has 6 rings (SSSR count). The Morgan fingerprint density at radius 1 is 0.824 bits per heavy atom. The van der Waals surface area contributed by atoms with Crippen LogP contribution in [0.15, 0.2) is 41.2 Å². The minimum atomic E-state index is -2.05. The number of allylic oxidation sites excluding steroid dienone is 2. The van der Waals surface area contributed by atoms with E-state index in [0.717, 1.165) is 38.5 Å². The topological polar surface area (TPSA) is 226 Å². The molecule has 0 saturated heterocycles. The third-order valence-corrected chi connectivity index (χ3v) is 14.3. The molecule has 15 nitrogen and oxygen atoms in total. The maximum Gasteiger partial charge on any atom is 0.312 e. The number of ketones is 1. The van der Waals surface area contributed by atoms with Gasteiger partial charge < -0.3 is 55.2 Å². The van der Waals surface area contributed by atoms with E-state index in [0.29, 0.717) is 0 Å². The van der Waals surface area contributed by atoms with Crippen molar-refractivity contribution in [2.75, 3.05) is 12.4 Å². The molecule has 4 aliphatic rings. The Hall–Kier alpha value is -5.12. The summed E-state index contributed by atoms with van der Waals surface area (Å²) in [6.45, 7) is 12.6. The zero-order chi connectivity index (χ0) is 49.9. The molecule has 3 heterocycles. The highest BCUT2D eigenvalue weighted by atomic mass is 16.7. The summed E-state index contributed by atoms with van der Waals surface area (Å²) in [5, 5.41) is 66.0. The van der Waals surface area contributed by atoms with E-state index in [4.69, 9.17) is 18.9 Å². The second-order valence-electron chi connectivity index (χ2n) is 19.5. The summed E-state index contributed by atoms with van der Waals surface area (Å²) in [6.07, 6.45) is 21.0. The lowest BCUT2D eigenvalue weighted by atomic mass is 9.78. The predicted octanol–water partition coefficient (Wildman–Crippen LogP) is 9.52. The molecule has 1 fully saturated rings. The number of amides is 1. The Balaban J connectivity index is 1.63. The smallest absolute Gasteiger partial charge is 0.312 e. The zero-order valence-corrected chi connectivity index (χ0v) is 41.6. The fourth-order valence-electron chi connectivity index (χ4n) is 9.90. The normalized spacial score (nSPS) is 30.1. The summed E-state index contributed by atoms with van der Waals surface area (Å²) in [5.74, 6) is -8.30. The highest BCUT2D eigenvalue weighted by Gasteiger charge is 2.50. The number of aliphatic hydroxyl groups is 2. The average Bonchev–Trinajstić information content (AvgIpc) is 3.56. The first-order valence-corrected chi connectivity index (χ1v) is 24.7. The van der Waals surface area contributed by atoms with Gasteiger partial charge in [0.15, 0.2) is 5.75 Å². The Bertz CT molecular complexity index is 2200. The number of aromatic hydroxyl groups is 3. The van der Waals surface area contributed by atoms with Crippen LogP contribution in [0.4, 0.5) is 5.69 Å². The Morgan fingerprint density at radius 2 is 1.41 bits per heavy atom. The van der Waals surface area contributed by atoms with E-state index in [1.54, 1.807) is 46.8 Å². The molecule has 5 bridgehead atoms. The largest absolute Gasteiger partial charge is 0.507 e. The van der Waals surface area contributed by atoms with Crippen molar-refractivity contribution in [3.8, 4) is 23.0 Å². The standard InChI is InChI=1S/C53H77N3O12/c1-30-23-22-24-31(2)52(64)55-43-38(29-54-56-37-25-20-18-16-14-12-10-11-13-15-17-19-21-26-37)47(61)40-41(48(43)62)46(60)35(6)50-42(40)51(63)53(8,68-50)66-28-27-39(65-9)32(3)49(67-36(7)57)34(5)45(59)33(4)44(30)58/h22-24,27-30,32-34,37,39,44-45,49,56,58-62H,10-21,25-26H2,1-9H3,(H,55,64)/b23-22+,28-27+,31-24?,54-29+. The number of benzene rings is 2. The number of fused-ring (bicyclic) bond motifs is 14. The first kappa shape index (κ1) is 53.8. The molecule has 1 amide bonds. The number of carbonyl (C=O) groups is 3. The van der Waals surface area contributed by atoms with Crippen LogP contribution in [0, 0.1) is 30.6 Å². The second-order valence-corrected chi connectivity index (χ2v) is 19.5. The molecule has 0 spiro atoms. The lowest BCUT2D eigenvalue weighted by molar-refractivity contribution is -0.160. The summed E-state index contributed by atoms with van der Waals surface area (Å²) in [4.78, 5) is 41.0. The second kappa shape index (κ2) is 24.4. The van der Waals surface area contributed by atoms with Gasteiger partial charge in [0.25, 0.3) is 11.7 Å². The maximum absolute atomic E-state index is 14.6. The van der Waals surface area contributed by atoms with Crippen molar-refractivity contribution in [3.63, 3.8) is 0 Å². The quantitative estimate of drug-likeness (QED) is 0.0488. The van der Waals surface area contributed by atoms with Crippen molar-refractivity contribution < 1.29 is 58.9 Å². The Morgan fingerprint density at radius 3 is 1.99 bits per heavy atom. The Labute approximate surface area is 402 Å². The predicted molar refractivity (Wildman–Crippen MR) is 263 cm³/mol. The van der Waals surface area contributed by atoms with Crippen molar-refractivity contribution in [2.24, 2.45) is 28.8 Å². The number of methoxy groups -OCH3 is 1. The number of ether oxygens (including phenoxy) is 4. The van der Waals surface area contributed by atoms with Gasteiger partial charge in [-0.05, 0) is 32.8 Å². The summed E-state index contributed by atoms with van der Waals surface area (Å²) in [7, 11) is 1.45. The van der Waals surface area contributed by atoms with Gasteiger partial charge >= 0.3 is 11.8 Å². The van der Waals surface area contributed by atoms with Crippen LogP contribution in [0.2, 0.25) is 0 Å². The number of hydrogen-bond donors (Lipinski definition) is 7. The molecule has 15 heteroatoms. The minimum absolute atomic E-state index is 0.0252.